The van der Waals surface area contributed by atoms with Gasteiger partial charge in [-0.05, 0) is 18.2 Å². The highest BCUT2D eigenvalue weighted by Crippen LogP contribution is 2.20. The third-order valence-corrected chi connectivity index (χ3v) is 3.67. The second kappa shape index (κ2) is 7.00. The molecule has 0 bridgehead atoms. The van der Waals surface area contributed by atoms with E-state index in [0.717, 1.165) is 16.5 Å². The first-order chi connectivity index (χ1) is 10.1. The fraction of sp³-hybridized carbons (Fsp3) is 0.250. The van der Waals surface area contributed by atoms with Crippen LogP contribution in [0.2, 0.25) is 0 Å². The molecule has 21 heavy (non-hydrogen) atoms. The summed E-state index contributed by atoms with van der Waals surface area (Å²) in [6, 6.07) is 5.64. The zero-order chi connectivity index (χ0) is 15.2. The summed E-state index contributed by atoms with van der Waals surface area (Å²) in [6.07, 6.45) is 2.29. The number of hydrogen-bond acceptors (Lipinski definition) is 4. The van der Waals surface area contributed by atoms with Gasteiger partial charge in [0.25, 0.3) is 0 Å². The molecule has 1 aromatic heterocycles. The van der Waals surface area contributed by atoms with Crippen molar-refractivity contribution in [2.75, 3.05) is 12.9 Å². The number of esters is 1. The van der Waals surface area contributed by atoms with Crippen LogP contribution in [0.4, 0.5) is 0 Å². The maximum Gasteiger partial charge on any atom is 0.340 e. The Hall–Kier alpha value is -2.19. The Labute approximate surface area is 127 Å². The van der Waals surface area contributed by atoms with E-state index < -0.39 is 0 Å². The lowest BCUT2D eigenvalue weighted by Crippen LogP contribution is -1.99. The number of aromatic nitrogens is 1. The molecule has 1 heterocycles. The van der Waals surface area contributed by atoms with Crippen LogP contribution in [0.5, 0.6) is 0 Å². The highest BCUT2D eigenvalue weighted by atomic mass is 32.2. The maximum absolute atomic E-state index is 11.6. The molecule has 0 atom stereocenters. The Morgan fingerprint density at radius 1 is 1.38 bits per heavy atom. The standard InChI is InChI=1S/C16H15NO3S/c1-11(18)21-8-4-3-5-12-6-7-15-13(9-12)14(10-17-15)16(19)20-2/h6-7,9-10,17H,4,8H2,1-2H3. The number of rotatable bonds is 3. The molecule has 1 aromatic carbocycles. The van der Waals surface area contributed by atoms with Crippen molar-refractivity contribution in [3.63, 3.8) is 0 Å². The van der Waals surface area contributed by atoms with Crippen LogP contribution in [-0.2, 0) is 9.53 Å². The summed E-state index contributed by atoms with van der Waals surface area (Å²) in [5, 5.41) is 0.903. The highest BCUT2D eigenvalue weighted by molar-refractivity contribution is 8.13. The van der Waals surface area contributed by atoms with Crippen molar-refractivity contribution < 1.29 is 14.3 Å². The van der Waals surface area contributed by atoms with Gasteiger partial charge in [-0.15, -0.1) is 0 Å². The number of ether oxygens (including phenoxy) is 1. The minimum absolute atomic E-state index is 0.105. The number of carbonyl (C=O) groups is 2. The largest absolute Gasteiger partial charge is 0.465 e. The number of aromatic amines is 1. The molecule has 2 aromatic rings. The Kier molecular flexibility index (Phi) is 5.07. The van der Waals surface area contributed by atoms with Gasteiger partial charge in [0.05, 0.1) is 12.7 Å². The normalized spacial score (nSPS) is 10.0. The van der Waals surface area contributed by atoms with Gasteiger partial charge in [0.15, 0.2) is 5.12 Å². The number of benzene rings is 1. The number of H-pyrrole nitrogens is 1. The van der Waals surface area contributed by atoms with Crippen molar-refractivity contribution >= 4 is 33.7 Å². The van der Waals surface area contributed by atoms with Crippen LogP contribution in [-0.4, -0.2) is 28.9 Å². The molecule has 108 valence electrons. The van der Waals surface area contributed by atoms with Gasteiger partial charge in [0, 0.05) is 41.8 Å². The Bertz CT molecular complexity index is 737. The molecule has 0 saturated heterocycles. The van der Waals surface area contributed by atoms with Crippen LogP contribution in [0.15, 0.2) is 24.4 Å². The van der Waals surface area contributed by atoms with Gasteiger partial charge < -0.3 is 9.72 Å². The molecule has 0 aliphatic carbocycles. The lowest BCUT2D eigenvalue weighted by molar-refractivity contribution is -0.109. The third-order valence-electron chi connectivity index (χ3n) is 2.85. The van der Waals surface area contributed by atoms with E-state index in [1.165, 1.54) is 18.9 Å². The van der Waals surface area contributed by atoms with E-state index in [2.05, 4.69) is 16.8 Å². The van der Waals surface area contributed by atoms with Crippen molar-refractivity contribution in [1.29, 1.82) is 0 Å². The van der Waals surface area contributed by atoms with Crippen LogP contribution < -0.4 is 0 Å². The van der Waals surface area contributed by atoms with Crippen molar-refractivity contribution in [3.05, 3.63) is 35.5 Å². The van der Waals surface area contributed by atoms with E-state index in [-0.39, 0.29) is 11.1 Å². The first kappa shape index (κ1) is 15.2. The van der Waals surface area contributed by atoms with Gasteiger partial charge >= 0.3 is 5.97 Å². The monoisotopic (exact) mass is 301 g/mol. The fourth-order valence-electron chi connectivity index (χ4n) is 1.89. The number of fused-ring (bicyclic) bond motifs is 1. The number of hydrogen-bond donors (Lipinski definition) is 1. The van der Waals surface area contributed by atoms with E-state index in [4.69, 9.17) is 4.74 Å². The number of thioether (sulfide) groups is 1. The molecule has 0 fully saturated rings. The Morgan fingerprint density at radius 3 is 2.90 bits per heavy atom. The molecule has 0 unspecified atom stereocenters. The van der Waals surface area contributed by atoms with Gasteiger partial charge in [-0.1, -0.05) is 23.6 Å². The van der Waals surface area contributed by atoms with Crippen LogP contribution >= 0.6 is 11.8 Å². The predicted molar refractivity (Wildman–Crippen MR) is 84.3 cm³/mol. The van der Waals surface area contributed by atoms with Crippen LogP contribution in [0, 0.1) is 11.8 Å². The number of carbonyl (C=O) groups excluding carboxylic acids is 2. The molecule has 0 saturated carbocycles. The minimum atomic E-state index is -0.371. The van der Waals surface area contributed by atoms with E-state index in [0.29, 0.717) is 17.7 Å². The highest BCUT2D eigenvalue weighted by Gasteiger charge is 2.11. The van der Waals surface area contributed by atoms with Crippen LogP contribution in [0.25, 0.3) is 10.9 Å². The quantitative estimate of drug-likeness (QED) is 0.538. The van der Waals surface area contributed by atoms with Crippen molar-refractivity contribution in [3.8, 4) is 11.8 Å². The molecule has 0 aliphatic heterocycles. The number of methoxy groups -OCH3 is 1. The van der Waals surface area contributed by atoms with Gasteiger partial charge in [0.1, 0.15) is 0 Å². The topological polar surface area (TPSA) is 59.2 Å². The first-order valence-corrected chi connectivity index (χ1v) is 7.42. The minimum Gasteiger partial charge on any atom is -0.465 e. The van der Waals surface area contributed by atoms with Crippen LogP contribution in [0.3, 0.4) is 0 Å². The summed E-state index contributed by atoms with van der Waals surface area (Å²) in [7, 11) is 1.36. The zero-order valence-electron chi connectivity index (χ0n) is 11.9. The number of nitrogens with one attached hydrogen (secondary N) is 1. The molecule has 5 heteroatoms. The summed E-state index contributed by atoms with van der Waals surface area (Å²) in [6.45, 7) is 1.55. The average Bonchev–Trinajstić information content (AvgIpc) is 2.89. The summed E-state index contributed by atoms with van der Waals surface area (Å²) < 4.78 is 4.75. The van der Waals surface area contributed by atoms with Crippen LogP contribution in [0.1, 0.15) is 29.3 Å². The lowest BCUT2D eigenvalue weighted by atomic mass is 10.1. The van der Waals surface area contributed by atoms with Crippen molar-refractivity contribution in [2.24, 2.45) is 0 Å². The molecule has 0 aliphatic rings. The van der Waals surface area contributed by atoms with Gasteiger partial charge in [-0.25, -0.2) is 4.79 Å². The summed E-state index contributed by atoms with van der Waals surface area (Å²) in [5.74, 6) is 6.40. The second-order valence-corrected chi connectivity index (χ2v) is 5.62. The van der Waals surface area contributed by atoms with Gasteiger partial charge in [-0.3, -0.25) is 4.79 Å². The van der Waals surface area contributed by atoms with E-state index >= 15 is 0 Å². The second-order valence-electron chi connectivity index (χ2n) is 4.35. The van der Waals surface area contributed by atoms with E-state index in [9.17, 15) is 9.59 Å². The molecule has 1 N–H and O–H groups in total. The SMILES string of the molecule is COC(=O)c1c[nH]c2ccc(C#CCCSC(C)=O)cc12. The predicted octanol–water partition coefficient (Wildman–Crippen LogP) is 2.98. The summed E-state index contributed by atoms with van der Waals surface area (Å²) in [4.78, 5) is 25.5. The molecular formula is C16H15NO3S. The smallest absolute Gasteiger partial charge is 0.340 e. The lowest BCUT2D eigenvalue weighted by Gasteiger charge is -1.97. The molecule has 0 radical (unpaired) electrons. The Morgan fingerprint density at radius 2 is 2.19 bits per heavy atom. The molecule has 4 nitrogen and oxygen atoms in total. The molecule has 2 rings (SSSR count). The third kappa shape index (κ3) is 3.89. The van der Waals surface area contributed by atoms with Gasteiger partial charge in [-0.2, -0.15) is 0 Å². The zero-order valence-corrected chi connectivity index (χ0v) is 12.7. The summed E-state index contributed by atoms with van der Waals surface area (Å²) in [5.41, 5.74) is 2.21. The molecular weight excluding hydrogens is 286 g/mol. The maximum atomic E-state index is 11.6. The van der Waals surface area contributed by atoms with E-state index in [1.807, 2.05) is 18.2 Å². The molecule has 0 amide bonds. The molecule has 0 spiro atoms. The van der Waals surface area contributed by atoms with Gasteiger partial charge in [0.2, 0.25) is 0 Å². The Balaban J connectivity index is 2.16. The summed E-state index contributed by atoms with van der Waals surface area (Å²) >= 11 is 1.27. The first-order valence-electron chi connectivity index (χ1n) is 6.43. The van der Waals surface area contributed by atoms with E-state index in [1.54, 1.807) is 13.1 Å². The average molecular weight is 301 g/mol. The fourth-order valence-corrected chi connectivity index (χ4v) is 2.38. The van der Waals surface area contributed by atoms with Crippen molar-refractivity contribution in [2.45, 2.75) is 13.3 Å². The van der Waals surface area contributed by atoms with Crippen molar-refractivity contribution in [1.82, 2.24) is 4.98 Å².